The second-order valence-electron chi connectivity index (χ2n) is 8.97. The van der Waals surface area contributed by atoms with E-state index in [2.05, 4.69) is 10.7 Å². The average molecular weight is 453 g/mol. The molecule has 176 valence electrons. The van der Waals surface area contributed by atoms with Gasteiger partial charge in [0.2, 0.25) is 0 Å². The highest BCUT2D eigenvalue weighted by Gasteiger charge is 2.41. The predicted molar refractivity (Wildman–Crippen MR) is 115 cm³/mol. The number of ether oxygens (including phenoxy) is 1. The van der Waals surface area contributed by atoms with Crippen LogP contribution in [0.2, 0.25) is 0 Å². The minimum atomic E-state index is -3.13. The second kappa shape index (κ2) is 9.01. The molecule has 1 aromatic carbocycles. The van der Waals surface area contributed by atoms with Crippen LogP contribution in [0, 0.1) is 6.92 Å². The largest absolute Gasteiger partial charge is 0.476 e. The first-order valence-corrected chi connectivity index (χ1v) is 10.7. The fraction of sp³-hybridized carbons (Fsp3) is 0.591. The maximum atomic E-state index is 13.3. The Morgan fingerprint density at radius 2 is 1.94 bits per heavy atom. The van der Waals surface area contributed by atoms with Gasteiger partial charge in [-0.2, -0.15) is 8.78 Å². The Hall–Kier alpha value is -2.75. The lowest BCUT2D eigenvalue weighted by atomic mass is 9.99. The molecule has 1 heterocycles. The van der Waals surface area contributed by atoms with Crippen molar-refractivity contribution in [1.29, 1.82) is 0 Å². The molecule has 0 saturated heterocycles. The third-order valence-corrected chi connectivity index (χ3v) is 5.42. The van der Waals surface area contributed by atoms with Gasteiger partial charge >= 0.3 is 6.43 Å². The molecule has 3 amide bonds. The maximum Gasteiger partial charge on any atom is 0.315 e. The van der Waals surface area contributed by atoms with E-state index in [0.29, 0.717) is 22.6 Å². The van der Waals surface area contributed by atoms with Crippen LogP contribution in [0.3, 0.4) is 0 Å². The first kappa shape index (κ1) is 23.9. The molecule has 0 unspecified atom stereocenters. The summed E-state index contributed by atoms with van der Waals surface area (Å²) in [6.45, 7) is 8.63. The number of rotatable bonds is 8. The lowest BCUT2D eigenvalue weighted by Gasteiger charge is -2.39. The number of halogens is 2. The van der Waals surface area contributed by atoms with Crippen LogP contribution in [0.25, 0.3) is 0 Å². The number of fused-ring (bicyclic) bond motifs is 1. The van der Waals surface area contributed by atoms with Gasteiger partial charge < -0.3 is 15.0 Å². The van der Waals surface area contributed by atoms with Crippen molar-refractivity contribution in [3.8, 4) is 5.75 Å². The summed E-state index contributed by atoms with van der Waals surface area (Å²) in [5.41, 5.74) is 3.51. The van der Waals surface area contributed by atoms with Crippen LogP contribution in [0.15, 0.2) is 12.1 Å². The number of alkyl halides is 2. The van der Waals surface area contributed by atoms with Gasteiger partial charge in [0.05, 0.1) is 5.69 Å². The fourth-order valence-corrected chi connectivity index (χ4v) is 3.52. The summed E-state index contributed by atoms with van der Waals surface area (Å²) in [5.74, 6) is -1.61. The van der Waals surface area contributed by atoms with Crippen LogP contribution in [0.5, 0.6) is 5.75 Å². The topological polar surface area (TPSA) is 91.0 Å². The van der Waals surface area contributed by atoms with E-state index < -0.39 is 23.8 Å². The zero-order valence-corrected chi connectivity index (χ0v) is 19.0. The number of amides is 3. The predicted octanol–water partition coefficient (Wildman–Crippen LogP) is 2.40. The summed E-state index contributed by atoms with van der Waals surface area (Å²) in [4.78, 5) is 38.9. The molecule has 10 heteroatoms. The zero-order chi connectivity index (χ0) is 23.8. The molecule has 2 N–H and O–H groups in total. The highest BCUT2D eigenvalue weighted by Crippen LogP contribution is 2.40. The molecular formula is C22H30F2N4O4. The Bertz CT molecular complexity index is 915. The number of hydrogen-bond donors (Lipinski definition) is 2. The highest BCUT2D eigenvalue weighted by molar-refractivity contribution is 6.05. The van der Waals surface area contributed by atoms with Crippen molar-refractivity contribution in [2.24, 2.45) is 0 Å². The van der Waals surface area contributed by atoms with Crippen molar-refractivity contribution in [3.63, 3.8) is 0 Å². The van der Waals surface area contributed by atoms with Crippen molar-refractivity contribution in [2.75, 3.05) is 18.0 Å². The van der Waals surface area contributed by atoms with E-state index in [-0.39, 0.29) is 31.1 Å². The number of anilines is 1. The molecule has 1 fully saturated rings. The third kappa shape index (κ3) is 5.01. The van der Waals surface area contributed by atoms with Gasteiger partial charge in [-0.05, 0) is 65.2 Å². The molecular weight excluding hydrogens is 422 g/mol. The molecule has 0 spiro atoms. The molecule has 1 aliphatic heterocycles. The lowest BCUT2D eigenvalue weighted by Crippen LogP contribution is -2.54. The Kier molecular flexibility index (Phi) is 6.73. The third-order valence-electron chi connectivity index (χ3n) is 5.42. The average Bonchev–Trinajstić information content (AvgIpc) is 3.52. The number of benzene rings is 1. The molecule has 32 heavy (non-hydrogen) atoms. The van der Waals surface area contributed by atoms with Crippen LogP contribution in [0.4, 0.5) is 14.5 Å². The minimum absolute atomic E-state index is 0.0397. The van der Waals surface area contributed by atoms with Gasteiger partial charge in [-0.1, -0.05) is 0 Å². The van der Waals surface area contributed by atoms with Gasteiger partial charge in [-0.25, -0.2) is 5.43 Å². The van der Waals surface area contributed by atoms with Crippen molar-refractivity contribution in [1.82, 2.24) is 15.8 Å². The summed E-state index contributed by atoms with van der Waals surface area (Å²) < 4.78 is 30.9. The molecule has 1 aromatic rings. The summed E-state index contributed by atoms with van der Waals surface area (Å²) in [6.07, 6.45) is -1.11. The van der Waals surface area contributed by atoms with Crippen molar-refractivity contribution >= 4 is 23.4 Å². The van der Waals surface area contributed by atoms with E-state index in [1.165, 1.54) is 4.90 Å². The van der Waals surface area contributed by atoms with Gasteiger partial charge in [-0.3, -0.25) is 19.4 Å². The zero-order valence-electron chi connectivity index (χ0n) is 19.0. The Balaban J connectivity index is 1.92. The number of hydrogen-bond acceptors (Lipinski definition) is 5. The van der Waals surface area contributed by atoms with E-state index in [1.807, 2.05) is 13.8 Å². The fourth-order valence-electron chi connectivity index (χ4n) is 3.52. The summed E-state index contributed by atoms with van der Waals surface area (Å²) in [5, 5.41) is 3.70. The van der Waals surface area contributed by atoms with Crippen LogP contribution in [-0.2, 0) is 9.59 Å². The monoisotopic (exact) mass is 452 g/mol. The molecule has 1 aliphatic carbocycles. The van der Waals surface area contributed by atoms with Gasteiger partial charge in [0, 0.05) is 30.7 Å². The normalized spacial score (nSPS) is 17.3. The first-order valence-electron chi connectivity index (χ1n) is 10.7. The van der Waals surface area contributed by atoms with Crippen molar-refractivity contribution in [2.45, 2.75) is 71.6 Å². The molecule has 0 radical (unpaired) electrons. The van der Waals surface area contributed by atoms with Crippen LogP contribution < -0.4 is 20.4 Å². The second-order valence-corrected chi connectivity index (χ2v) is 8.97. The minimum Gasteiger partial charge on any atom is -0.476 e. The molecule has 3 rings (SSSR count). The number of carbonyl (C=O) groups excluding carboxylic acids is 3. The van der Waals surface area contributed by atoms with Crippen molar-refractivity contribution in [3.05, 3.63) is 23.3 Å². The molecule has 0 bridgehead atoms. The van der Waals surface area contributed by atoms with Crippen LogP contribution in [0.1, 0.15) is 56.5 Å². The number of hydrazine groups is 1. The number of nitrogens with one attached hydrogen (secondary N) is 2. The summed E-state index contributed by atoms with van der Waals surface area (Å²) in [7, 11) is 0. The summed E-state index contributed by atoms with van der Waals surface area (Å²) in [6, 6.07) is 3.49. The molecule has 1 saturated carbocycles. The van der Waals surface area contributed by atoms with E-state index in [4.69, 9.17) is 4.74 Å². The quantitative estimate of drug-likeness (QED) is 0.591. The van der Waals surface area contributed by atoms with Gasteiger partial charge in [0.15, 0.2) is 5.60 Å². The number of carbonyl (C=O) groups is 3. The smallest absolute Gasteiger partial charge is 0.315 e. The molecule has 2 aliphatic rings. The number of aryl methyl sites for hydroxylation is 1. The first-order chi connectivity index (χ1) is 14.9. The lowest BCUT2D eigenvalue weighted by molar-refractivity contribution is -0.133. The SMILES string of the molecule is Cc1cc2c(cc1C(=O)N(NC1CC1)C(C)C)N(CCNC(=O)C(F)F)C(=O)C(C)(C)O2. The number of nitrogens with zero attached hydrogens (tertiary/aromatic N) is 2. The van der Waals surface area contributed by atoms with E-state index in [1.54, 1.807) is 37.9 Å². The van der Waals surface area contributed by atoms with Gasteiger partial charge in [0.25, 0.3) is 17.7 Å². The van der Waals surface area contributed by atoms with E-state index >= 15 is 0 Å². The Labute approximate surface area is 186 Å². The van der Waals surface area contributed by atoms with E-state index in [0.717, 1.165) is 12.8 Å². The van der Waals surface area contributed by atoms with E-state index in [9.17, 15) is 23.2 Å². The van der Waals surface area contributed by atoms with Gasteiger partial charge in [-0.15, -0.1) is 0 Å². The molecule has 8 nitrogen and oxygen atoms in total. The Morgan fingerprint density at radius 3 is 2.50 bits per heavy atom. The van der Waals surface area contributed by atoms with Crippen LogP contribution >= 0.6 is 0 Å². The van der Waals surface area contributed by atoms with Crippen LogP contribution in [-0.4, -0.2) is 59.9 Å². The molecule has 0 aromatic heterocycles. The Morgan fingerprint density at radius 1 is 1.28 bits per heavy atom. The highest BCUT2D eigenvalue weighted by atomic mass is 19.3. The van der Waals surface area contributed by atoms with Gasteiger partial charge in [0.1, 0.15) is 5.75 Å². The standard InChI is InChI=1S/C22H30F2N4O4/c1-12(2)28(26-14-6-7-14)20(30)15-11-16-17(10-13(15)3)32-22(4,5)21(31)27(16)9-8-25-19(29)18(23)24/h10-12,14,18,26H,6-9H2,1-5H3,(H,25,29). The van der Waals surface area contributed by atoms with Crippen molar-refractivity contribution < 1.29 is 27.9 Å². The summed E-state index contributed by atoms with van der Waals surface area (Å²) >= 11 is 0. The maximum absolute atomic E-state index is 13.3. The molecule has 0 atom stereocenters.